The van der Waals surface area contributed by atoms with Crippen molar-refractivity contribution in [1.29, 1.82) is 0 Å². The number of hydrogen-bond donors (Lipinski definition) is 1. The van der Waals surface area contributed by atoms with E-state index < -0.39 is 0 Å². The fourth-order valence-corrected chi connectivity index (χ4v) is 2.18. The zero-order valence-corrected chi connectivity index (χ0v) is 13.8. The predicted molar refractivity (Wildman–Crippen MR) is 90.9 cm³/mol. The van der Waals surface area contributed by atoms with Gasteiger partial charge in [-0.25, -0.2) is 0 Å². The van der Waals surface area contributed by atoms with E-state index in [0.29, 0.717) is 12.1 Å². The summed E-state index contributed by atoms with van der Waals surface area (Å²) in [6.07, 6.45) is 0. The van der Waals surface area contributed by atoms with Gasteiger partial charge in [0.1, 0.15) is 12.4 Å². The largest absolute Gasteiger partial charge is 0.481 e. The maximum atomic E-state index is 11.9. The smallest absolute Gasteiger partial charge is 0.252 e. The van der Waals surface area contributed by atoms with E-state index in [-0.39, 0.29) is 12.5 Å². The number of halogens is 1. The summed E-state index contributed by atoms with van der Waals surface area (Å²) in [5.41, 5.74) is 1.70. The Morgan fingerprint density at radius 3 is 2.77 bits per heavy atom. The number of ether oxygens (including phenoxy) is 1. The minimum atomic E-state index is -0.120. The highest BCUT2D eigenvalue weighted by Crippen LogP contribution is 2.17. The highest BCUT2D eigenvalue weighted by Gasteiger charge is 2.02. The number of benzene rings is 2. The SMILES string of the molecule is Cc1cccc(C(=O)NCC#CCOc2cccc(Br)c2)c1. The molecule has 0 spiro atoms. The molecule has 0 saturated carbocycles. The zero-order valence-electron chi connectivity index (χ0n) is 12.2. The highest BCUT2D eigenvalue weighted by atomic mass is 79.9. The van der Waals surface area contributed by atoms with Gasteiger partial charge in [-0.15, -0.1) is 0 Å². The van der Waals surface area contributed by atoms with Crippen LogP contribution in [-0.4, -0.2) is 19.1 Å². The van der Waals surface area contributed by atoms with Crippen LogP contribution in [0.4, 0.5) is 0 Å². The van der Waals surface area contributed by atoms with Crippen molar-refractivity contribution >= 4 is 21.8 Å². The van der Waals surface area contributed by atoms with Gasteiger partial charge in [-0.3, -0.25) is 4.79 Å². The van der Waals surface area contributed by atoms with Crippen LogP contribution in [0.15, 0.2) is 53.0 Å². The maximum absolute atomic E-state index is 11.9. The van der Waals surface area contributed by atoms with Gasteiger partial charge in [0.15, 0.2) is 0 Å². The molecule has 2 aromatic carbocycles. The van der Waals surface area contributed by atoms with Gasteiger partial charge in [0, 0.05) is 10.0 Å². The fraction of sp³-hybridized carbons (Fsp3) is 0.167. The molecule has 0 saturated heterocycles. The Morgan fingerprint density at radius 1 is 1.18 bits per heavy atom. The lowest BCUT2D eigenvalue weighted by atomic mass is 10.1. The fourth-order valence-electron chi connectivity index (χ4n) is 1.80. The summed E-state index contributed by atoms with van der Waals surface area (Å²) in [4.78, 5) is 11.9. The van der Waals surface area contributed by atoms with Gasteiger partial charge in [0.25, 0.3) is 5.91 Å². The van der Waals surface area contributed by atoms with Crippen LogP contribution in [0.25, 0.3) is 0 Å². The van der Waals surface area contributed by atoms with Crippen molar-refractivity contribution in [2.45, 2.75) is 6.92 Å². The van der Waals surface area contributed by atoms with Crippen molar-refractivity contribution in [2.24, 2.45) is 0 Å². The number of amides is 1. The van der Waals surface area contributed by atoms with Crippen molar-refractivity contribution in [3.63, 3.8) is 0 Å². The molecule has 2 rings (SSSR count). The standard InChI is InChI=1S/C18H16BrNO2/c1-14-6-4-7-15(12-14)18(21)20-10-2-3-11-22-17-9-5-8-16(19)13-17/h4-9,12-13H,10-11H2,1H3,(H,20,21). The van der Waals surface area contributed by atoms with E-state index in [9.17, 15) is 4.79 Å². The normalized spacial score (nSPS) is 9.55. The molecule has 0 bridgehead atoms. The summed E-state index contributed by atoms with van der Waals surface area (Å²) in [7, 11) is 0. The monoisotopic (exact) mass is 357 g/mol. The lowest BCUT2D eigenvalue weighted by Crippen LogP contribution is -2.23. The van der Waals surface area contributed by atoms with Crippen LogP contribution >= 0.6 is 15.9 Å². The van der Waals surface area contributed by atoms with Crippen LogP contribution in [0.2, 0.25) is 0 Å². The number of carbonyl (C=O) groups is 1. The molecule has 112 valence electrons. The van der Waals surface area contributed by atoms with Crippen LogP contribution in [0, 0.1) is 18.8 Å². The third-order valence-corrected chi connectivity index (χ3v) is 3.34. The molecule has 0 aliphatic carbocycles. The molecule has 0 heterocycles. The second-order valence-corrected chi connectivity index (χ2v) is 5.57. The minimum Gasteiger partial charge on any atom is -0.481 e. The third kappa shape index (κ3) is 5.27. The van der Waals surface area contributed by atoms with Crippen molar-refractivity contribution in [2.75, 3.05) is 13.2 Å². The summed E-state index contributed by atoms with van der Waals surface area (Å²) in [5, 5.41) is 2.76. The van der Waals surface area contributed by atoms with Gasteiger partial charge in [-0.1, -0.05) is 51.5 Å². The molecular weight excluding hydrogens is 342 g/mol. The summed E-state index contributed by atoms with van der Waals surface area (Å²) >= 11 is 3.38. The first-order valence-electron chi connectivity index (χ1n) is 6.84. The van der Waals surface area contributed by atoms with Gasteiger partial charge < -0.3 is 10.1 Å². The zero-order chi connectivity index (χ0) is 15.8. The summed E-state index contributed by atoms with van der Waals surface area (Å²) < 4.78 is 6.44. The lowest BCUT2D eigenvalue weighted by Gasteiger charge is -2.02. The molecule has 0 aliphatic rings. The van der Waals surface area contributed by atoms with E-state index in [1.54, 1.807) is 6.07 Å². The molecule has 0 radical (unpaired) electrons. The van der Waals surface area contributed by atoms with E-state index in [0.717, 1.165) is 15.8 Å². The Labute approximate surface area is 138 Å². The first kappa shape index (κ1) is 16.1. The molecule has 2 aromatic rings. The Kier molecular flexibility index (Phi) is 6.05. The van der Waals surface area contributed by atoms with Gasteiger partial charge in [-0.05, 0) is 37.3 Å². The predicted octanol–water partition coefficient (Wildman–Crippen LogP) is 3.57. The quantitative estimate of drug-likeness (QED) is 0.849. The molecule has 1 N–H and O–H groups in total. The van der Waals surface area contributed by atoms with Crippen molar-refractivity contribution in [3.05, 3.63) is 64.1 Å². The van der Waals surface area contributed by atoms with E-state index in [1.807, 2.05) is 49.4 Å². The van der Waals surface area contributed by atoms with E-state index in [4.69, 9.17) is 4.74 Å². The minimum absolute atomic E-state index is 0.120. The molecule has 4 heteroatoms. The van der Waals surface area contributed by atoms with E-state index >= 15 is 0 Å². The Hall–Kier alpha value is -2.25. The maximum Gasteiger partial charge on any atom is 0.252 e. The van der Waals surface area contributed by atoms with E-state index in [2.05, 4.69) is 33.1 Å². The molecule has 0 atom stereocenters. The Bertz CT molecular complexity index is 716. The first-order chi connectivity index (χ1) is 10.6. The van der Waals surface area contributed by atoms with Crippen LogP contribution in [0.5, 0.6) is 5.75 Å². The number of nitrogens with one attached hydrogen (secondary N) is 1. The number of hydrogen-bond acceptors (Lipinski definition) is 2. The Morgan fingerprint density at radius 2 is 2.00 bits per heavy atom. The highest BCUT2D eigenvalue weighted by molar-refractivity contribution is 9.10. The van der Waals surface area contributed by atoms with E-state index in [1.165, 1.54) is 0 Å². The van der Waals surface area contributed by atoms with Gasteiger partial charge in [0.2, 0.25) is 0 Å². The molecule has 0 aromatic heterocycles. The van der Waals surface area contributed by atoms with Crippen LogP contribution in [0.3, 0.4) is 0 Å². The van der Waals surface area contributed by atoms with Gasteiger partial charge >= 0.3 is 0 Å². The third-order valence-electron chi connectivity index (χ3n) is 2.85. The van der Waals surface area contributed by atoms with Gasteiger partial charge in [-0.2, -0.15) is 0 Å². The molecule has 3 nitrogen and oxygen atoms in total. The molecule has 1 amide bonds. The summed E-state index contributed by atoms with van der Waals surface area (Å²) in [6.45, 7) is 2.54. The van der Waals surface area contributed by atoms with Crippen LogP contribution in [-0.2, 0) is 0 Å². The molecular formula is C18H16BrNO2. The van der Waals surface area contributed by atoms with Gasteiger partial charge in [0.05, 0.1) is 6.54 Å². The summed E-state index contributed by atoms with van der Waals surface area (Å²) in [6, 6.07) is 15.0. The average Bonchev–Trinajstić information content (AvgIpc) is 2.50. The Balaban J connectivity index is 1.74. The average molecular weight is 358 g/mol. The molecule has 0 aliphatic heterocycles. The van der Waals surface area contributed by atoms with Crippen molar-refractivity contribution in [3.8, 4) is 17.6 Å². The topological polar surface area (TPSA) is 38.3 Å². The molecule has 0 fully saturated rings. The van der Waals surface area contributed by atoms with Crippen LogP contribution in [0.1, 0.15) is 15.9 Å². The summed E-state index contributed by atoms with van der Waals surface area (Å²) in [5.74, 6) is 6.37. The lowest BCUT2D eigenvalue weighted by molar-refractivity contribution is 0.0958. The molecule has 22 heavy (non-hydrogen) atoms. The number of aryl methyl sites for hydroxylation is 1. The van der Waals surface area contributed by atoms with Crippen molar-refractivity contribution < 1.29 is 9.53 Å². The second-order valence-electron chi connectivity index (χ2n) is 4.65. The number of rotatable bonds is 4. The number of carbonyl (C=O) groups excluding carboxylic acids is 1. The van der Waals surface area contributed by atoms with Crippen molar-refractivity contribution in [1.82, 2.24) is 5.32 Å². The molecule has 0 unspecified atom stereocenters. The van der Waals surface area contributed by atoms with Crippen LogP contribution < -0.4 is 10.1 Å². The second kappa shape index (κ2) is 8.26. The first-order valence-corrected chi connectivity index (χ1v) is 7.63.